The van der Waals surface area contributed by atoms with Crippen molar-refractivity contribution >= 4 is 5.69 Å². The molecule has 1 atom stereocenters. The van der Waals surface area contributed by atoms with Gasteiger partial charge in [-0.3, -0.25) is 0 Å². The Kier molecular flexibility index (Phi) is 4.30. The first-order chi connectivity index (χ1) is 12.9. The molecule has 1 saturated carbocycles. The molecule has 2 aliphatic heterocycles. The minimum absolute atomic E-state index is 0.393. The second-order valence-corrected chi connectivity index (χ2v) is 8.13. The molecule has 1 saturated heterocycles. The van der Waals surface area contributed by atoms with E-state index >= 15 is 0 Å². The van der Waals surface area contributed by atoms with E-state index in [4.69, 9.17) is 0 Å². The zero-order valence-corrected chi connectivity index (χ0v) is 15.5. The van der Waals surface area contributed by atoms with Crippen LogP contribution in [0.1, 0.15) is 42.9 Å². The molecule has 3 aliphatic rings. The quantitative estimate of drug-likeness (QED) is 0.737. The van der Waals surface area contributed by atoms with Gasteiger partial charge in [0.15, 0.2) is 0 Å². The molecule has 134 valence electrons. The van der Waals surface area contributed by atoms with Gasteiger partial charge in [-0.15, -0.1) is 0 Å². The van der Waals surface area contributed by atoms with E-state index in [1.807, 2.05) is 0 Å². The van der Waals surface area contributed by atoms with Gasteiger partial charge in [-0.05, 0) is 73.9 Å². The summed E-state index contributed by atoms with van der Waals surface area (Å²) in [6, 6.07) is 20.6. The number of hydrogen-bond acceptors (Lipinski definition) is 2. The largest absolute Gasteiger partial charge is 0.339 e. The van der Waals surface area contributed by atoms with Crippen LogP contribution in [-0.4, -0.2) is 24.5 Å². The van der Waals surface area contributed by atoms with Crippen molar-refractivity contribution in [3.63, 3.8) is 0 Å². The smallest absolute Gasteiger partial charge is 0.0712 e. The predicted molar refractivity (Wildman–Crippen MR) is 108 cm³/mol. The van der Waals surface area contributed by atoms with E-state index < -0.39 is 0 Å². The summed E-state index contributed by atoms with van der Waals surface area (Å²) in [7, 11) is 0. The first kappa shape index (κ1) is 16.1. The van der Waals surface area contributed by atoms with Crippen molar-refractivity contribution < 1.29 is 0 Å². The van der Waals surface area contributed by atoms with E-state index in [1.165, 1.54) is 55.6 Å². The number of anilines is 1. The third-order valence-electron chi connectivity index (χ3n) is 6.22. The molecule has 1 aliphatic carbocycles. The first-order valence-electron chi connectivity index (χ1n) is 10.2. The lowest BCUT2D eigenvalue weighted by Crippen LogP contribution is -2.36. The summed E-state index contributed by atoms with van der Waals surface area (Å²) in [6.45, 7) is 3.61. The van der Waals surface area contributed by atoms with E-state index in [0.717, 1.165) is 18.9 Å². The van der Waals surface area contributed by atoms with Crippen LogP contribution in [0, 0.1) is 5.92 Å². The minimum Gasteiger partial charge on any atom is -0.339 e. The zero-order valence-electron chi connectivity index (χ0n) is 15.5. The summed E-state index contributed by atoms with van der Waals surface area (Å²) in [5, 5.41) is 0. The molecule has 2 heteroatoms. The summed E-state index contributed by atoms with van der Waals surface area (Å²) in [4.78, 5) is 5.25. The van der Waals surface area contributed by atoms with Gasteiger partial charge in [0.25, 0.3) is 0 Å². The Morgan fingerprint density at radius 3 is 2.38 bits per heavy atom. The standard InChI is InChI=1S/C24H28N2/c1-2-8-20(9-3-1)24(18-25-14-6-7-15-25)26-17-22(19-12-13-19)16-21-10-4-5-11-23(21)26/h1-5,8-11,17,19,24H,6-7,12-16,18H2/t24-/m1/s1. The summed E-state index contributed by atoms with van der Waals surface area (Å²) in [5.41, 5.74) is 5.98. The van der Waals surface area contributed by atoms with Crippen LogP contribution in [0.3, 0.4) is 0 Å². The number of likely N-dealkylation sites (tertiary alicyclic amines) is 1. The lowest BCUT2D eigenvalue weighted by atomic mass is 9.94. The molecule has 2 aromatic rings. The van der Waals surface area contributed by atoms with Crippen LogP contribution in [0.25, 0.3) is 0 Å². The van der Waals surface area contributed by atoms with E-state index in [2.05, 4.69) is 70.6 Å². The Bertz CT molecular complexity index is 785. The Morgan fingerprint density at radius 2 is 1.62 bits per heavy atom. The van der Waals surface area contributed by atoms with Crippen molar-refractivity contribution in [3.05, 3.63) is 77.5 Å². The van der Waals surface area contributed by atoms with Crippen LogP contribution in [-0.2, 0) is 6.42 Å². The Balaban J connectivity index is 1.55. The van der Waals surface area contributed by atoms with Crippen LogP contribution in [0.2, 0.25) is 0 Å². The molecule has 0 aromatic heterocycles. The first-order valence-corrected chi connectivity index (χ1v) is 10.2. The van der Waals surface area contributed by atoms with Gasteiger partial charge in [0.05, 0.1) is 6.04 Å². The monoisotopic (exact) mass is 344 g/mol. The van der Waals surface area contributed by atoms with Crippen molar-refractivity contribution in [2.45, 2.75) is 38.1 Å². The molecule has 2 fully saturated rings. The molecule has 0 bridgehead atoms. The van der Waals surface area contributed by atoms with Gasteiger partial charge >= 0.3 is 0 Å². The maximum atomic E-state index is 2.65. The molecule has 0 spiro atoms. The number of para-hydroxylation sites is 1. The Hall–Kier alpha value is -2.06. The average molecular weight is 345 g/mol. The Labute approximate surface area is 157 Å². The third-order valence-corrected chi connectivity index (χ3v) is 6.22. The van der Waals surface area contributed by atoms with Gasteiger partial charge in [-0.1, -0.05) is 48.5 Å². The van der Waals surface area contributed by atoms with Crippen molar-refractivity contribution in [1.82, 2.24) is 4.90 Å². The van der Waals surface area contributed by atoms with E-state index in [-0.39, 0.29) is 0 Å². The number of benzene rings is 2. The van der Waals surface area contributed by atoms with Gasteiger partial charge < -0.3 is 9.80 Å². The van der Waals surface area contributed by atoms with Gasteiger partial charge in [0.2, 0.25) is 0 Å². The fourth-order valence-corrected chi connectivity index (χ4v) is 4.63. The number of hydrogen-bond donors (Lipinski definition) is 0. The lowest BCUT2D eigenvalue weighted by molar-refractivity contribution is 0.313. The highest BCUT2D eigenvalue weighted by molar-refractivity contribution is 5.62. The molecule has 0 amide bonds. The maximum Gasteiger partial charge on any atom is 0.0712 e. The highest BCUT2D eigenvalue weighted by Gasteiger charge is 2.33. The topological polar surface area (TPSA) is 6.48 Å². The second kappa shape index (κ2) is 6.92. The van der Waals surface area contributed by atoms with Gasteiger partial charge in [-0.2, -0.15) is 0 Å². The molecule has 0 radical (unpaired) electrons. The predicted octanol–water partition coefficient (Wildman–Crippen LogP) is 5.18. The zero-order chi connectivity index (χ0) is 17.3. The number of allylic oxidation sites excluding steroid dienone is 1. The van der Waals surface area contributed by atoms with E-state index in [9.17, 15) is 0 Å². The van der Waals surface area contributed by atoms with Crippen molar-refractivity contribution in [2.75, 3.05) is 24.5 Å². The van der Waals surface area contributed by atoms with Crippen molar-refractivity contribution in [2.24, 2.45) is 5.92 Å². The molecular formula is C24H28N2. The summed E-state index contributed by atoms with van der Waals surface area (Å²) in [6.07, 6.45) is 9.10. The fourth-order valence-electron chi connectivity index (χ4n) is 4.63. The molecule has 0 unspecified atom stereocenters. The van der Waals surface area contributed by atoms with Crippen molar-refractivity contribution in [1.29, 1.82) is 0 Å². The van der Waals surface area contributed by atoms with Crippen LogP contribution < -0.4 is 4.90 Å². The van der Waals surface area contributed by atoms with Crippen LogP contribution >= 0.6 is 0 Å². The van der Waals surface area contributed by atoms with E-state index in [0.29, 0.717) is 6.04 Å². The minimum atomic E-state index is 0.393. The number of rotatable bonds is 5. The summed E-state index contributed by atoms with van der Waals surface area (Å²) >= 11 is 0. The molecule has 5 rings (SSSR count). The van der Waals surface area contributed by atoms with Crippen molar-refractivity contribution in [3.8, 4) is 0 Å². The molecule has 2 aromatic carbocycles. The van der Waals surface area contributed by atoms with E-state index in [1.54, 1.807) is 5.57 Å². The molecule has 2 nitrogen and oxygen atoms in total. The third kappa shape index (κ3) is 3.19. The average Bonchev–Trinajstić information content (AvgIpc) is 3.43. The van der Waals surface area contributed by atoms with Crippen LogP contribution in [0.4, 0.5) is 5.69 Å². The normalized spacial score (nSPS) is 21.4. The SMILES string of the molecule is C1=C(C2CC2)Cc2ccccc2N1[C@H](CN1CCCC1)c1ccccc1. The fraction of sp³-hybridized carbons (Fsp3) is 0.417. The number of nitrogens with zero attached hydrogens (tertiary/aromatic N) is 2. The number of fused-ring (bicyclic) bond motifs is 1. The molecular weight excluding hydrogens is 316 g/mol. The maximum absolute atomic E-state index is 2.65. The molecule has 0 N–H and O–H groups in total. The summed E-state index contributed by atoms with van der Waals surface area (Å²) < 4.78 is 0. The summed E-state index contributed by atoms with van der Waals surface area (Å²) in [5.74, 6) is 0.828. The highest BCUT2D eigenvalue weighted by atomic mass is 15.2. The lowest BCUT2D eigenvalue weighted by Gasteiger charge is -2.38. The molecule has 2 heterocycles. The van der Waals surface area contributed by atoms with Gasteiger partial charge in [0, 0.05) is 18.4 Å². The van der Waals surface area contributed by atoms with Crippen LogP contribution in [0.15, 0.2) is 66.4 Å². The highest BCUT2D eigenvalue weighted by Crippen LogP contribution is 2.44. The van der Waals surface area contributed by atoms with Gasteiger partial charge in [-0.25, -0.2) is 0 Å². The van der Waals surface area contributed by atoms with Gasteiger partial charge in [0.1, 0.15) is 0 Å². The molecule has 26 heavy (non-hydrogen) atoms. The Morgan fingerprint density at radius 1 is 0.885 bits per heavy atom. The second-order valence-electron chi connectivity index (χ2n) is 8.13. The van der Waals surface area contributed by atoms with Crippen LogP contribution in [0.5, 0.6) is 0 Å².